The number of aldehydes is 1. The number of carbonyl (C=O) groups excluding carboxylic acids is 1. The first kappa shape index (κ1) is 12.5. The van der Waals surface area contributed by atoms with Gasteiger partial charge in [-0.05, 0) is 37.1 Å². The van der Waals surface area contributed by atoms with Crippen LogP contribution in [0.25, 0.3) is 0 Å². The van der Waals surface area contributed by atoms with Gasteiger partial charge >= 0.3 is 0 Å². The van der Waals surface area contributed by atoms with E-state index in [1.165, 1.54) is 12.1 Å². The minimum atomic E-state index is -0.329. The van der Waals surface area contributed by atoms with Crippen molar-refractivity contribution in [1.82, 2.24) is 4.90 Å². The van der Waals surface area contributed by atoms with Crippen LogP contribution in [-0.4, -0.2) is 23.8 Å². The van der Waals surface area contributed by atoms with Crippen LogP contribution >= 0.6 is 11.6 Å². The monoisotopic (exact) mass is 255 g/mol. The van der Waals surface area contributed by atoms with E-state index < -0.39 is 0 Å². The number of rotatable bonds is 3. The summed E-state index contributed by atoms with van der Waals surface area (Å²) in [4.78, 5) is 13.1. The lowest BCUT2D eigenvalue weighted by Gasteiger charge is -2.32. The SMILES string of the molecule is O=CC1CCCCN1Cc1ccc(F)cc1Cl. The van der Waals surface area contributed by atoms with Gasteiger partial charge in [-0.1, -0.05) is 24.1 Å². The van der Waals surface area contributed by atoms with Crippen LogP contribution in [0.15, 0.2) is 18.2 Å². The van der Waals surface area contributed by atoms with Crippen molar-refractivity contribution < 1.29 is 9.18 Å². The highest BCUT2D eigenvalue weighted by Crippen LogP contribution is 2.23. The van der Waals surface area contributed by atoms with Gasteiger partial charge in [0.1, 0.15) is 12.1 Å². The number of nitrogens with zero attached hydrogens (tertiary/aromatic N) is 1. The quantitative estimate of drug-likeness (QED) is 0.774. The summed E-state index contributed by atoms with van der Waals surface area (Å²) < 4.78 is 12.9. The average molecular weight is 256 g/mol. The van der Waals surface area contributed by atoms with Crippen LogP contribution in [0.4, 0.5) is 4.39 Å². The zero-order valence-electron chi connectivity index (χ0n) is 9.53. The van der Waals surface area contributed by atoms with Crippen LogP contribution in [0.3, 0.4) is 0 Å². The van der Waals surface area contributed by atoms with Gasteiger partial charge in [0.05, 0.1) is 6.04 Å². The molecule has 1 saturated heterocycles. The molecule has 1 aromatic rings. The maximum Gasteiger partial charge on any atom is 0.137 e. The molecule has 1 fully saturated rings. The van der Waals surface area contributed by atoms with Gasteiger partial charge in [0.15, 0.2) is 0 Å². The second-order valence-corrected chi connectivity index (χ2v) is 4.81. The number of halogens is 2. The summed E-state index contributed by atoms with van der Waals surface area (Å²) in [6, 6.07) is 4.39. The van der Waals surface area contributed by atoms with Gasteiger partial charge in [0.25, 0.3) is 0 Å². The van der Waals surface area contributed by atoms with Crippen molar-refractivity contribution in [1.29, 1.82) is 0 Å². The molecule has 1 aliphatic heterocycles. The standard InChI is InChI=1S/C13H15ClFNO/c14-13-7-11(15)5-4-10(13)8-16-6-2-1-3-12(16)9-17/h4-5,7,9,12H,1-3,6,8H2. The zero-order valence-corrected chi connectivity index (χ0v) is 10.3. The summed E-state index contributed by atoms with van der Waals surface area (Å²) >= 11 is 5.98. The first-order chi connectivity index (χ1) is 8.20. The van der Waals surface area contributed by atoms with E-state index in [2.05, 4.69) is 4.90 Å². The van der Waals surface area contributed by atoms with Gasteiger partial charge in [-0.15, -0.1) is 0 Å². The van der Waals surface area contributed by atoms with Crippen molar-refractivity contribution in [3.05, 3.63) is 34.6 Å². The van der Waals surface area contributed by atoms with Crippen LogP contribution in [0.2, 0.25) is 5.02 Å². The molecule has 92 valence electrons. The van der Waals surface area contributed by atoms with Crippen LogP contribution in [0.5, 0.6) is 0 Å². The predicted molar refractivity (Wildman–Crippen MR) is 65.5 cm³/mol. The van der Waals surface area contributed by atoms with E-state index in [4.69, 9.17) is 11.6 Å². The highest BCUT2D eigenvalue weighted by Gasteiger charge is 2.22. The molecule has 0 saturated carbocycles. The van der Waals surface area contributed by atoms with E-state index >= 15 is 0 Å². The summed E-state index contributed by atoms with van der Waals surface area (Å²) in [7, 11) is 0. The van der Waals surface area contributed by atoms with Crippen molar-refractivity contribution in [2.75, 3.05) is 6.54 Å². The molecular formula is C13H15ClFNO. The van der Waals surface area contributed by atoms with Gasteiger partial charge in [-0.2, -0.15) is 0 Å². The number of hydrogen-bond donors (Lipinski definition) is 0. The molecule has 0 aliphatic carbocycles. The lowest BCUT2D eigenvalue weighted by molar-refractivity contribution is -0.113. The maximum absolute atomic E-state index is 12.9. The van der Waals surface area contributed by atoms with E-state index in [0.717, 1.165) is 37.7 Å². The summed E-state index contributed by atoms with van der Waals surface area (Å²) in [6.07, 6.45) is 4.10. The molecule has 17 heavy (non-hydrogen) atoms. The normalized spacial score (nSPS) is 21.4. The van der Waals surface area contributed by atoms with Crippen LogP contribution in [0, 0.1) is 5.82 Å². The molecule has 0 bridgehead atoms. The van der Waals surface area contributed by atoms with Gasteiger partial charge in [0, 0.05) is 11.6 Å². The molecule has 0 aromatic heterocycles. The second kappa shape index (κ2) is 5.61. The number of carbonyl (C=O) groups is 1. The first-order valence-corrected chi connectivity index (χ1v) is 6.22. The van der Waals surface area contributed by atoms with Crippen molar-refractivity contribution >= 4 is 17.9 Å². The van der Waals surface area contributed by atoms with Crippen LogP contribution in [0.1, 0.15) is 24.8 Å². The molecule has 0 spiro atoms. The third kappa shape index (κ3) is 3.05. The molecular weight excluding hydrogens is 241 g/mol. The molecule has 1 aliphatic rings. The molecule has 1 atom stereocenters. The second-order valence-electron chi connectivity index (χ2n) is 4.41. The van der Waals surface area contributed by atoms with Gasteiger partial charge in [-0.3, -0.25) is 4.90 Å². The fraction of sp³-hybridized carbons (Fsp3) is 0.462. The van der Waals surface area contributed by atoms with Gasteiger partial charge in [-0.25, -0.2) is 4.39 Å². The highest BCUT2D eigenvalue weighted by molar-refractivity contribution is 6.31. The Bertz CT molecular complexity index is 410. The number of piperidine rings is 1. The number of hydrogen-bond acceptors (Lipinski definition) is 2. The fourth-order valence-electron chi connectivity index (χ4n) is 2.24. The third-order valence-electron chi connectivity index (χ3n) is 3.21. The third-order valence-corrected chi connectivity index (χ3v) is 3.56. The molecule has 1 aromatic carbocycles. The van der Waals surface area contributed by atoms with E-state index in [9.17, 15) is 9.18 Å². The molecule has 0 amide bonds. The van der Waals surface area contributed by atoms with Crippen LogP contribution in [-0.2, 0) is 11.3 Å². The predicted octanol–water partition coefficient (Wildman–Crippen LogP) is 3.03. The van der Waals surface area contributed by atoms with E-state index in [1.807, 2.05) is 0 Å². The molecule has 1 heterocycles. The molecule has 2 rings (SSSR count). The zero-order chi connectivity index (χ0) is 12.3. The number of likely N-dealkylation sites (tertiary alicyclic amines) is 1. The highest BCUT2D eigenvalue weighted by atomic mass is 35.5. The van der Waals surface area contributed by atoms with Gasteiger partial charge in [0.2, 0.25) is 0 Å². The summed E-state index contributed by atoms with van der Waals surface area (Å²) in [6.45, 7) is 1.51. The lowest BCUT2D eigenvalue weighted by Crippen LogP contribution is -2.39. The topological polar surface area (TPSA) is 20.3 Å². The molecule has 2 nitrogen and oxygen atoms in total. The van der Waals surface area contributed by atoms with E-state index in [-0.39, 0.29) is 11.9 Å². The van der Waals surface area contributed by atoms with Gasteiger partial charge < -0.3 is 4.79 Å². The molecule has 1 unspecified atom stereocenters. The Balaban J connectivity index is 2.10. The fourth-order valence-corrected chi connectivity index (χ4v) is 2.46. The Hall–Kier alpha value is -0.930. The Kier molecular flexibility index (Phi) is 4.13. The van der Waals surface area contributed by atoms with Crippen molar-refractivity contribution in [2.45, 2.75) is 31.8 Å². The first-order valence-electron chi connectivity index (χ1n) is 5.84. The van der Waals surface area contributed by atoms with Crippen molar-refractivity contribution in [3.63, 3.8) is 0 Å². The Morgan fingerprint density at radius 3 is 3.00 bits per heavy atom. The smallest absolute Gasteiger partial charge is 0.137 e. The number of benzene rings is 1. The van der Waals surface area contributed by atoms with Crippen molar-refractivity contribution in [2.24, 2.45) is 0 Å². The minimum absolute atomic E-state index is 0.0233. The van der Waals surface area contributed by atoms with E-state index in [0.29, 0.717) is 11.6 Å². The Labute approximate surface area is 105 Å². The average Bonchev–Trinajstić information content (AvgIpc) is 2.33. The Morgan fingerprint density at radius 2 is 2.29 bits per heavy atom. The molecule has 0 radical (unpaired) electrons. The lowest BCUT2D eigenvalue weighted by atomic mass is 10.0. The molecule has 4 heteroatoms. The van der Waals surface area contributed by atoms with Crippen molar-refractivity contribution in [3.8, 4) is 0 Å². The minimum Gasteiger partial charge on any atom is -0.302 e. The van der Waals surface area contributed by atoms with E-state index in [1.54, 1.807) is 6.07 Å². The van der Waals surface area contributed by atoms with Crippen LogP contribution < -0.4 is 0 Å². The summed E-state index contributed by atoms with van der Waals surface area (Å²) in [5.41, 5.74) is 0.877. The summed E-state index contributed by atoms with van der Waals surface area (Å²) in [5, 5.41) is 0.431. The summed E-state index contributed by atoms with van der Waals surface area (Å²) in [5.74, 6) is -0.329. The maximum atomic E-state index is 12.9. The molecule has 0 N–H and O–H groups in total. The Morgan fingerprint density at radius 1 is 1.47 bits per heavy atom. The largest absolute Gasteiger partial charge is 0.302 e.